The van der Waals surface area contributed by atoms with Crippen molar-refractivity contribution in [3.05, 3.63) is 11.8 Å². The molecule has 0 aromatic carbocycles. The van der Waals surface area contributed by atoms with Crippen molar-refractivity contribution in [3.63, 3.8) is 0 Å². The number of ether oxygens (including phenoxy) is 2. The topological polar surface area (TPSA) is 55.8 Å². The van der Waals surface area contributed by atoms with Crippen LogP contribution in [0.2, 0.25) is 0 Å². The zero-order valence-electron chi connectivity index (χ0n) is 7.86. The number of nitrogens with zero attached hydrogens (tertiary/aromatic N) is 1. The van der Waals surface area contributed by atoms with E-state index in [0.717, 1.165) is 0 Å². The molecule has 0 aromatic rings. The number of carbonyl (C=O) groups is 2. The van der Waals surface area contributed by atoms with Crippen molar-refractivity contribution in [1.82, 2.24) is 4.90 Å². The second-order valence-electron chi connectivity index (χ2n) is 3.16. The van der Waals surface area contributed by atoms with Crippen LogP contribution >= 0.6 is 0 Å². The van der Waals surface area contributed by atoms with Crippen LogP contribution in [0, 0.1) is 0 Å². The number of β-lactam (4-membered cyclic amide) rings is 1. The zero-order valence-corrected chi connectivity index (χ0v) is 7.86. The molecule has 2 fully saturated rings. The second kappa shape index (κ2) is 3.32. The Morgan fingerprint density at radius 1 is 1.79 bits per heavy atom. The predicted octanol–water partition coefficient (Wildman–Crippen LogP) is 0.0220. The summed E-state index contributed by atoms with van der Waals surface area (Å²) in [4.78, 5) is 23.6. The van der Waals surface area contributed by atoms with Crippen molar-refractivity contribution in [3.8, 4) is 0 Å². The lowest BCUT2D eigenvalue weighted by atomic mass is 10.2. The minimum absolute atomic E-state index is 0.0715. The van der Waals surface area contributed by atoms with Crippen LogP contribution in [0.15, 0.2) is 11.8 Å². The summed E-state index contributed by atoms with van der Waals surface area (Å²) in [5.41, 5.74) is 0. The smallest absolute Gasteiger partial charge is 0.334 e. The Morgan fingerprint density at radius 2 is 2.57 bits per heavy atom. The minimum atomic E-state index is -0.419. The van der Waals surface area contributed by atoms with Crippen LogP contribution in [0.25, 0.3) is 0 Å². The van der Waals surface area contributed by atoms with Crippen molar-refractivity contribution >= 4 is 11.9 Å². The number of carbonyl (C=O) groups excluding carboxylic acids is 2. The van der Waals surface area contributed by atoms with Crippen LogP contribution < -0.4 is 0 Å². The second-order valence-corrected chi connectivity index (χ2v) is 3.16. The van der Waals surface area contributed by atoms with Gasteiger partial charge in [0.25, 0.3) is 0 Å². The average Bonchev–Trinajstić information content (AvgIpc) is 2.43. The first-order chi connectivity index (χ1) is 6.70. The number of esters is 1. The SMILES string of the molecule is CCOC(=O)C=C1CN2C(=O)CC2O1. The van der Waals surface area contributed by atoms with Gasteiger partial charge in [-0.15, -0.1) is 0 Å². The standard InChI is InChI=1S/C9H11NO4/c1-2-13-9(12)3-6-5-10-7(11)4-8(10)14-6/h3,8H,2,4-5H2,1H3. The monoisotopic (exact) mass is 197 g/mol. The quantitative estimate of drug-likeness (QED) is 0.356. The summed E-state index contributed by atoms with van der Waals surface area (Å²) < 4.78 is 10.0. The predicted molar refractivity (Wildman–Crippen MR) is 45.9 cm³/mol. The Hall–Kier alpha value is -1.52. The van der Waals surface area contributed by atoms with Crippen LogP contribution in [-0.2, 0) is 19.1 Å². The molecule has 0 N–H and O–H groups in total. The highest BCUT2D eigenvalue weighted by molar-refractivity contribution is 5.85. The van der Waals surface area contributed by atoms with Gasteiger partial charge in [0.05, 0.1) is 25.6 Å². The summed E-state index contributed by atoms with van der Waals surface area (Å²) in [6.45, 7) is 2.47. The lowest BCUT2D eigenvalue weighted by Crippen LogP contribution is -2.48. The molecular formula is C9H11NO4. The van der Waals surface area contributed by atoms with Gasteiger partial charge in [0, 0.05) is 0 Å². The molecule has 1 amide bonds. The van der Waals surface area contributed by atoms with Gasteiger partial charge in [0.1, 0.15) is 5.76 Å². The average molecular weight is 197 g/mol. The van der Waals surface area contributed by atoms with Crippen LogP contribution in [0.4, 0.5) is 0 Å². The molecule has 2 heterocycles. The van der Waals surface area contributed by atoms with Gasteiger partial charge in [0.2, 0.25) is 5.91 Å². The summed E-state index contributed by atoms with van der Waals surface area (Å²) in [5, 5.41) is 0. The molecule has 2 rings (SSSR count). The number of amides is 1. The maximum Gasteiger partial charge on any atom is 0.334 e. The lowest BCUT2D eigenvalue weighted by Gasteiger charge is -2.30. The van der Waals surface area contributed by atoms with Gasteiger partial charge in [-0.2, -0.15) is 0 Å². The number of hydrogen-bond acceptors (Lipinski definition) is 4. The number of rotatable bonds is 2. The molecule has 2 aliphatic heterocycles. The Balaban J connectivity index is 1.95. The molecule has 0 radical (unpaired) electrons. The summed E-state index contributed by atoms with van der Waals surface area (Å²) in [6, 6.07) is 0. The van der Waals surface area contributed by atoms with Gasteiger partial charge in [0.15, 0.2) is 6.23 Å². The fourth-order valence-corrected chi connectivity index (χ4v) is 1.50. The van der Waals surface area contributed by atoms with E-state index in [4.69, 9.17) is 9.47 Å². The Bertz CT molecular complexity index is 310. The summed E-state index contributed by atoms with van der Waals surface area (Å²) in [7, 11) is 0. The fraction of sp³-hybridized carbons (Fsp3) is 0.556. The molecule has 1 unspecified atom stereocenters. The third-order valence-electron chi connectivity index (χ3n) is 2.20. The van der Waals surface area contributed by atoms with E-state index in [2.05, 4.69) is 0 Å². The molecule has 5 nitrogen and oxygen atoms in total. The minimum Gasteiger partial charge on any atom is -0.472 e. The third-order valence-corrected chi connectivity index (χ3v) is 2.20. The van der Waals surface area contributed by atoms with Gasteiger partial charge >= 0.3 is 5.97 Å². The van der Waals surface area contributed by atoms with E-state index in [0.29, 0.717) is 25.3 Å². The highest BCUT2D eigenvalue weighted by atomic mass is 16.5. The molecule has 2 saturated heterocycles. The molecule has 1 atom stereocenters. The van der Waals surface area contributed by atoms with Gasteiger partial charge in [-0.1, -0.05) is 0 Å². The first-order valence-corrected chi connectivity index (χ1v) is 4.54. The van der Waals surface area contributed by atoms with E-state index in [1.165, 1.54) is 6.08 Å². The maximum absolute atomic E-state index is 11.0. The van der Waals surface area contributed by atoms with Crippen LogP contribution in [0.1, 0.15) is 13.3 Å². The Labute approximate surface area is 81.3 Å². The lowest BCUT2D eigenvalue weighted by molar-refractivity contribution is -0.154. The van der Waals surface area contributed by atoms with Gasteiger partial charge in [-0.25, -0.2) is 4.79 Å². The molecule has 76 valence electrons. The van der Waals surface area contributed by atoms with Gasteiger partial charge < -0.3 is 9.47 Å². The van der Waals surface area contributed by atoms with Crippen molar-refractivity contribution < 1.29 is 19.1 Å². The van der Waals surface area contributed by atoms with Gasteiger partial charge in [-0.05, 0) is 6.92 Å². The van der Waals surface area contributed by atoms with E-state index in [1.54, 1.807) is 11.8 Å². The van der Waals surface area contributed by atoms with E-state index < -0.39 is 5.97 Å². The third kappa shape index (κ3) is 1.45. The molecule has 0 aliphatic carbocycles. The molecule has 2 aliphatic rings. The summed E-state index contributed by atoms with van der Waals surface area (Å²) in [5.74, 6) is 0.166. The molecule has 5 heteroatoms. The normalized spacial score (nSPS) is 26.9. The molecule has 0 aromatic heterocycles. The largest absolute Gasteiger partial charge is 0.472 e. The first kappa shape index (κ1) is 9.05. The maximum atomic E-state index is 11.0. The molecule has 0 saturated carbocycles. The van der Waals surface area contributed by atoms with Crippen molar-refractivity contribution in [2.24, 2.45) is 0 Å². The number of hydrogen-bond donors (Lipinski definition) is 0. The zero-order chi connectivity index (χ0) is 10.1. The van der Waals surface area contributed by atoms with Crippen LogP contribution in [0.3, 0.4) is 0 Å². The number of fused-ring (bicyclic) bond motifs is 1. The van der Waals surface area contributed by atoms with E-state index in [-0.39, 0.29) is 12.1 Å². The molecule has 0 spiro atoms. The van der Waals surface area contributed by atoms with Gasteiger partial charge in [-0.3, -0.25) is 9.69 Å². The Kier molecular flexibility index (Phi) is 2.15. The summed E-state index contributed by atoms with van der Waals surface area (Å²) in [6.07, 6.45) is 1.57. The fourth-order valence-electron chi connectivity index (χ4n) is 1.50. The molecule has 14 heavy (non-hydrogen) atoms. The van der Waals surface area contributed by atoms with Crippen LogP contribution in [0.5, 0.6) is 0 Å². The summed E-state index contributed by atoms with van der Waals surface area (Å²) >= 11 is 0. The van der Waals surface area contributed by atoms with Crippen molar-refractivity contribution in [1.29, 1.82) is 0 Å². The van der Waals surface area contributed by atoms with Crippen molar-refractivity contribution in [2.75, 3.05) is 13.2 Å². The van der Waals surface area contributed by atoms with E-state index >= 15 is 0 Å². The van der Waals surface area contributed by atoms with Crippen LogP contribution in [-0.4, -0.2) is 36.2 Å². The van der Waals surface area contributed by atoms with E-state index in [1.807, 2.05) is 0 Å². The highest BCUT2D eigenvalue weighted by Gasteiger charge is 2.43. The van der Waals surface area contributed by atoms with E-state index in [9.17, 15) is 9.59 Å². The molecule has 0 bridgehead atoms. The van der Waals surface area contributed by atoms with Crippen molar-refractivity contribution in [2.45, 2.75) is 19.6 Å². The first-order valence-electron chi connectivity index (χ1n) is 4.54. The Morgan fingerprint density at radius 3 is 3.14 bits per heavy atom. The molecular weight excluding hydrogens is 186 g/mol. The highest BCUT2D eigenvalue weighted by Crippen LogP contribution is 2.30.